The van der Waals surface area contributed by atoms with Gasteiger partial charge in [-0.2, -0.15) is 0 Å². The Balaban J connectivity index is 1.94. The van der Waals surface area contributed by atoms with E-state index in [1.54, 1.807) is 0 Å². The van der Waals surface area contributed by atoms with Crippen LogP contribution in [0.2, 0.25) is 0 Å². The van der Waals surface area contributed by atoms with E-state index in [1.165, 1.54) is 58.3 Å². The van der Waals surface area contributed by atoms with Crippen molar-refractivity contribution < 1.29 is 0 Å². The standard InChI is InChI=1S/C15H30N2/c1-4-15(8-5-9-16-11-15)12-17(10-13(2)3)14-6-7-14/h13-14,16H,4-12H2,1-3H3. The maximum Gasteiger partial charge on any atom is 0.00967 e. The molecule has 2 heteroatoms. The minimum absolute atomic E-state index is 0.565. The van der Waals surface area contributed by atoms with Gasteiger partial charge in [-0.15, -0.1) is 0 Å². The summed E-state index contributed by atoms with van der Waals surface area (Å²) in [5.41, 5.74) is 0.565. The molecule has 2 fully saturated rings. The van der Waals surface area contributed by atoms with Crippen molar-refractivity contribution in [3.05, 3.63) is 0 Å². The van der Waals surface area contributed by atoms with E-state index in [0.717, 1.165) is 12.0 Å². The Hall–Kier alpha value is -0.0800. The Morgan fingerprint density at radius 1 is 1.35 bits per heavy atom. The van der Waals surface area contributed by atoms with Crippen LogP contribution in [0.15, 0.2) is 0 Å². The summed E-state index contributed by atoms with van der Waals surface area (Å²) in [5, 5.41) is 3.62. The number of hydrogen-bond acceptors (Lipinski definition) is 2. The second-order valence-electron chi connectivity index (χ2n) is 6.69. The summed E-state index contributed by atoms with van der Waals surface area (Å²) in [6, 6.07) is 0.919. The lowest BCUT2D eigenvalue weighted by atomic mass is 9.77. The van der Waals surface area contributed by atoms with Gasteiger partial charge in [0, 0.05) is 25.7 Å². The molecule has 1 heterocycles. The van der Waals surface area contributed by atoms with Crippen LogP contribution < -0.4 is 5.32 Å². The summed E-state index contributed by atoms with van der Waals surface area (Å²) < 4.78 is 0. The first-order valence-electron chi connectivity index (χ1n) is 7.60. The number of nitrogens with one attached hydrogen (secondary N) is 1. The predicted octanol–water partition coefficient (Wildman–Crippen LogP) is 2.89. The average molecular weight is 238 g/mol. The lowest BCUT2D eigenvalue weighted by Gasteiger charge is -2.41. The van der Waals surface area contributed by atoms with Crippen LogP contribution >= 0.6 is 0 Å². The van der Waals surface area contributed by atoms with Gasteiger partial charge in [0.25, 0.3) is 0 Å². The summed E-state index contributed by atoms with van der Waals surface area (Å²) in [5.74, 6) is 0.807. The molecule has 0 amide bonds. The molecule has 1 aliphatic heterocycles. The fourth-order valence-corrected chi connectivity index (χ4v) is 3.26. The minimum Gasteiger partial charge on any atom is -0.316 e. The number of hydrogen-bond donors (Lipinski definition) is 1. The van der Waals surface area contributed by atoms with Crippen LogP contribution in [-0.4, -0.2) is 37.1 Å². The van der Waals surface area contributed by atoms with E-state index in [0.29, 0.717) is 5.41 Å². The van der Waals surface area contributed by atoms with Crippen molar-refractivity contribution in [1.29, 1.82) is 0 Å². The molecule has 100 valence electrons. The highest BCUT2D eigenvalue weighted by molar-refractivity contribution is 4.92. The molecule has 1 atom stereocenters. The second-order valence-corrected chi connectivity index (χ2v) is 6.69. The van der Waals surface area contributed by atoms with Gasteiger partial charge in [0.15, 0.2) is 0 Å². The molecule has 1 aliphatic carbocycles. The maximum absolute atomic E-state index is 3.62. The minimum atomic E-state index is 0.565. The van der Waals surface area contributed by atoms with E-state index >= 15 is 0 Å². The maximum atomic E-state index is 3.62. The second kappa shape index (κ2) is 5.71. The van der Waals surface area contributed by atoms with Crippen molar-refractivity contribution in [3.8, 4) is 0 Å². The highest BCUT2D eigenvalue weighted by Gasteiger charge is 2.37. The summed E-state index contributed by atoms with van der Waals surface area (Å²) >= 11 is 0. The molecule has 1 saturated carbocycles. The fourth-order valence-electron chi connectivity index (χ4n) is 3.26. The van der Waals surface area contributed by atoms with Crippen molar-refractivity contribution in [2.24, 2.45) is 11.3 Å². The third kappa shape index (κ3) is 3.69. The van der Waals surface area contributed by atoms with E-state index in [4.69, 9.17) is 0 Å². The van der Waals surface area contributed by atoms with Crippen molar-refractivity contribution in [1.82, 2.24) is 10.2 Å². The van der Waals surface area contributed by atoms with Crippen LogP contribution in [-0.2, 0) is 0 Å². The smallest absolute Gasteiger partial charge is 0.00967 e. The zero-order chi connectivity index (χ0) is 12.3. The molecule has 0 aromatic carbocycles. The molecule has 17 heavy (non-hydrogen) atoms. The normalized spacial score (nSPS) is 30.2. The first-order valence-corrected chi connectivity index (χ1v) is 7.60. The largest absolute Gasteiger partial charge is 0.316 e. The SMILES string of the molecule is CCC1(CN(CC(C)C)C2CC2)CCCNC1. The highest BCUT2D eigenvalue weighted by Crippen LogP contribution is 2.36. The molecule has 2 aliphatic rings. The van der Waals surface area contributed by atoms with Crippen LogP contribution in [0.5, 0.6) is 0 Å². The quantitative estimate of drug-likeness (QED) is 0.765. The number of piperidine rings is 1. The van der Waals surface area contributed by atoms with Crippen molar-refractivity contribution in [2.75, 3.05) is 26.2 Å². The Morgan fingerprint density at radius 3 is 2.59 bits per heavy atom. The Labute approximate surface area is 107 Å². The Morgan fingerprint density at radius 2 is 2.12 bits per heavy atom. The van der Waals surface area contributed by atoms with E-state index in [2.05, 4.69) is 31.0 Å². The molecule has 1 N–H and O–H groups in total. The molecule has 0 radical (unpaired) electrons. The zero-order valence-electron chi connectivity index (χ0n) is 12.0. The van der Waals surface area contributed by atoms with Crippen LogP contribution in [0, 0.1) is 11.3 Å². The molecule has 2 nitrogen and oxygen atoms in total. The van der Waals surface area contributed by atoms with Gasteiger partial charge in [0.05, 0.1) is 0 Å². The van der Waals surface area contributed by atoms with Gasteiger partial charge in [0.1, 0.15) is 0 Å². The zero-order valence-corrected chi connectivity index (χ0v) is 12.0. The van der Waals surface area contributed by atoms with Crippen LogP contribution in [0.4, 0.5) is 0 Å². The van der Waals surface area contributed by atoms with Gasteiger partial charge < -0.3 is 5.32 Å². The van der Waals surface area contributed by atoms with Gasteiger partial charge in [-0.3, -0.25) is 4.90 Å². The van der Waals surface area contributed by atoms with Gasteiger partial charge in [-0.05, 0) is 50.0 Å². The molecule has 0 aromatic rings. The van der Waals surface area contributed by atoms with E-state index in [-0.39, 0.29) is 0 Å². The van der Waals surface area contributed by atoms with Crippen molar-refractivity contribution in [2.45, 2.75) is 58.9 Å². The number of nitrogens with zero attached hydrogens (tertiary/aromatic N) is 1. The van der Waals surface area contributed by atoms with E-state index < -0.39 is 0 Å². The summed E-state index contributed by atoms with van der Waals surface area (Å²) in [7, 11) is 0. The molecule has 0 bridgehead atoms. The third-order valence-electron chi connectivity index (χ3n) is 4.51. The first-order chi connectivity index (χ1) is 8.15. The lowest BCUT2D eigenvalue weighted by Crippen LogP contribution is -2.48. The number of rotatable bonds is 6. The van der Waals surface area contributed by atoms with Crippen LogP contribution in [0.25, 0.3) is 0 Å². The molecular formula is C15H30N2. The van der Waals surface area contributed by atoms with E-state index in [1.807, 2.05) is 0 Å². The fraction of sp³-hybridized carbons (Fsp3) is 1.00. The summed E-state index contributed by atoms with van der Waals surface area (Å²) in [4.78, 5) is 2.79. The van der Waals surface area contributed by atoms with Gasteiger partial charge in [0.2, 0.25) is 0 Å². The first kappa shape index (κ1) is 13.4. The summed E-state index contributed by atoms with van der Waals surface area (Å²) in [6.07, 6.45) is 7.02. The Bertz CT molecular complexity index is 227. The molecule has 1 unspecified atom stereocenters. The Kier molecular flexibility index (Phi) is 4.48. The van der Waals surface area contributed by atoms with Crippen molar-refractivity contribution >= 4 is 0 Å². The van der Waals surface area contributed by atoms with Crippen molar-refractivity contribution in [3.63, 3.8) is 0 Å². The van der Waals surface area contributed by atoms with Crippen LogP contribution in [0.1, 0.15) is 52.9 Å². The van der Waals surface area contributed by atoms with Gasteiger partial charge in [-0.1, -0.05) is 20.8 Å². The van der Waals surface area contributed by atoms with Gasteiger partial charge in [-0.25, -0.2) is 0 Å². The predicted molar refractivity (Wildman–Crippen MR) is 74.3 cm³/mol. The molecule has 0 aromatic heterocycles. The van der Waals surface area contributed by atoms with E-state index in [9.17, 15) is 0 Å². The highest BCUT2D eigenvalue weighted by atomic mass is 15.2. The molecule has 2 rings (SSSR count). The summed E-state index contributed by atoms with van der Waals surface area (Å²) in [6.45, 7) is 12.2. The van der Waals surface area contributed by atoms with Gasteiger partial charge >= 0.3 is 0 Å². The monoisotopic (exact) mass is 238 g/mol. The molecule has 1 saturated heterocycles. The molecular weight excluding hydrogens is 208 g/mol. The van der Waals surface area contributed by atoms with Crippen LogP contribution in [0.3, 0.4) is 0 Å². The molecule has 0 spiro atoms. The average Bonchev–Trinajstić information content (AvgIpc) is 3.13. The third-order valence-corrected chi connectivity index (χ3v) is 4.51. The topological polar surface area (TPSA) is 15.3 Å². The lowest BCUT2D eigenvalue weighted by molar-refractivity contribution is 0.0979.